The van der Waals surface area contributed by atoms with Crippen LogP contribution in [0.5, 0.6) is 0 Å². The number of hydrogen-bond donors (Lipinski definition) is 0. The lowest BCUT2D eigenvalue weighted by molar-refractivity contribution is 0.00169. The number of hydrogen-bond acceptors (Lipinski definition) is 2. The number of halogens is 4. The molecule has 0 saturated heterocycles. The van der Waals surface area contributed by atoms with Crippen LogP contribution in [0.15, 0.2) is 24.4 Å². The second-order valence-corrected chi connectivity index (χ2v) is 5.06. The van der Waals surface area contributed by atoms with Gasteiger partial charge in [-0.25, -0.2) is 8.78 Å². The van der Waals surface area contributed by atoms with E-state index in [0.29, 0.717) is 6.07 Å². The lowest BCUT2D eigenvalue weighted by Gasteiger charge is -2.22. The van der Waals surface area contributed by atoms with Gasteiger partial charge in [-0.3, -0.25) is 9.59 Å². The number of aldehydes is 1. The Labute approximate surface area is 122 Å². The van der Waals surface area contributed by atoms with Crippen molar-refractivity contribution in [2.75, 3.05) is 0 Å². The largest absolute Gasteiger partial charge is 0.319 e. The highest BCUT2D eigenvalue weighted by Crippen LogP contribution is 2.36. The van der Waals surface area contributed by atoms with Gasteiger partial charge >= 0.3 is 5.92 Å². The van der Waals surface area contributed by atoms with Crippen LogP contribution in [-0.4, -0.2) is 22.6 Å². The smallest absolute Gasteiger partial charge is 0.310 e. The van der Waals surface area contributed by atoms with E-state index in [-0.39, 0.29) is 35.2 Å². The molecule has 1 aliphatic carbocycles. The van der Waals surface area contributed by atoms with Crippen molar-refractivity contribution in [1.82, 2.24) is 4.57 Å². The molecule has 1 aliphatic rings. The van der Waals surface area contributed by atoms with Gasteiger partial charge < -0.3 is 4.57 Å². The number of carbonyl (C=O) groups is 2. The Morgan fingerprint density at radius 3 is 2.36 bits per heavy atom. The summed E-state index contributed by atoms with van der Waals surface area (Å²) in [5, 5.41) is 0. The van der Waals surface area contributed by atoms with Crippen LogP contribution in [0.25, 0.3) is 5.69 Å². The molecule has 22 heavy (non-hydrogen) atoms. The molecule has 0 atom stereocenters. The number of rotatable bonds is 2. The minimum Gasteiger partial charge on any atom is -0.319 e. The van der Waals surface area contributed by atoms with Crippen molar-refractivity contribution < 1.29 is 27.2 Å². The molecule has 0 aliphatic heterocycles. The number of Topliss-reactive ketones (excluding diaryl/α,β-unsaturated/α-hetero) is 1. The Morgan fingerprint density at radius 1 is 1.14 bits per heavy atom. The van der Waals surface area contributed by atoms with Gasteiger partial charge in [0, 0.05) is 29.9 Å². The van der Waals surface area contributed by atoms with Crippen LogP contribution in [-0.2, 0) is 6.42 Å². The van der Waals surface area contributed by atoms with Crippen molar-refractivity contribution in [2.24, 2.45) is 0 Å². The molecule has 3 rings (SSSR count). The zero-order valence-electron chi connectivity index (χ0n) is 11.1. The Bertz CT molecular complexity index is 775. The van der Waals surface area contributed by atoms with Crippen molar-refractivity contribution in [2.45, 2.75) is 18.8 Å². The average Bonchev–Trinajstić information content (AvgIpc) is 2.81. The minimum atomic E-state index is -3.54. The van der Waals surface area contributed by atoms with Gasteiger partial charge in [-0.2, -0.15) is 8.78 Å². The van der Waals surface area contributed by atoms with Crippen LogP contribution in [0.2, 0.25) is 0 Å². The first-order chi connectivity index (χ1) is 10.3. The van der Waals surface area contributed by atoms with Gasteiger partial charge in [-0.15, -0.1) is 0 Å². The summed E-state index contributed by atoms with van der Waals surface area (Å²) in [5.41, 5.74) is -0.414. The molecule has 0 radical (unpaired) electrons. The molecule has 0 saturated carbocycles. The van der Waals surface area contributed by atoms with Crippen LogP contribution in [0.3, 0.4) is 0 Å². The summed E-state index contributed by atoms with van der Waals surface area (Å²) in [5.74, 6) is -6.67. The molecule has 7 heteroatoms. The highest BCUT2D eigenvalue weighted by atomic mass is 19.3. The molecule has 1 aromatic heterocycles. The third-order valence-electron chi connectivity index (χ3n) is 3.62. The van der Waals surface area contributed by atoms with E-state index >= 15 is 0 Å². The van der Waals surface area contributed by atoms with Crippen molar-refractivity contribution in [3.05, 3.63) is 52.9 Å². The molecule has 0 N–H and O–H groups in total. The molecular formula is C15H9F4NO2. The Kier molecular flexibility index (Phi) is 3.16. The zero-order chi connectivity index (χ0) is 16.1. The minimum absolute atomic E-state index is 0.0277. The summed E-state index contributed by atoms with van der Waals surface area (Å²) < 4.78 is 54.9. The van der Waals surface area contributed by atoms with E-state index in [1.165, 1.54) is 4.57 Å². The molecule has 0 amide bonds. The zero-order valence-corrected chi connectivity index (χ0v) is 11.1. The van der Waals surface area contributed by atoms with Crippen molar-refractivity contribution in [1.29, 1.82) is 0 Å². The first-order valence-corrected chi connectivity index (χ1v) is 6.42. The van der Waals surface area contributed by atoms with E-state index in [1.54, 1.807) is 0 Å². The Balaban J connectivity index is 2.24. The lowest BCUT2D eigenvalue weighted by Crippen LogP contribution is -2.34. The van der Waals surface area contributed by atoms with Crippen molar-refractivity contribution >= 4 is 12.1 Å². The average molecular weight is 311 g/mol. The van der Waals surface area contributed by atoms with Crippen LogP contribution < -0.4 is 0 Å². The fourth-order valence-electron chi connectivity index (χ4n) is 2.65. The predicted molar refractivity (Wildman–Crippen MR) is 68.7 cm³/mol. The van der Waals surface area contributed by atoms with Crippen LogP contribution in [0.1, 0.15) is 32.8 Å². The van der Waals surface area contributed by atoms with E-state index in [0.717, 1.165) is 18.3 Å². The lowest BCUT2D eigenvalue weighted by atomic mass is 9.91. The topological polar surface area (TPSA) is 39.1 Å². The van der Waals surface area contributed by atoms with Gasteiger partial charge in [0.05, 0.1) is 11.3 Å². The third kappa shape index (κ3) is 2.13. The van der Waals surface area contributed by atoms with E-state index in [2.05, 4.69) is 0 Å². The first-order valence-electron chi connectivity index (χ1n) is 6.42. The summed E-state index contributed by atoms with van der Waals surface area (Å²) >= 11 is 0. The second-order valence-electron chi connectivity index (χ2n) is 5.06. The highest BCUT2D eigenvalue weighted by Gasteiger charge is 2.46. The number of carbonyl (C=O) groups excluding carboxylic acids is 2. The van der Waals surface area contributed by atoms with Crippen LogP contribution in [0.4, 0.5) is 17.6 Å². The molecule has 0 unspecified atom stereocenters. The Morgan fingerprint density at radius 2 is 1.77 bits per heavy atom. The quantitative estimate of drug-likeness (QED) is 0.630. The normalized spacial score (nSPS) is 16.5. The third-order valence-corrected chi connectivity index (χ3v) is 3.62. The number of ketones is 1. The first kappa shape index (κ1) is 14.5. The van der Waals surface area contributed by atoms with Crippen LogP contribution >= 0.6 is 0 Å². The molecule has 3 nitrogen and oxygen atoms in total. The second kappa shape index (κ2) is 4.79. The monoisotopic (exact) mass is 311 g/mol. The van der Waals surface area contributed by atoms with Gasteiger partial charge in [0.25, 0.3) is 0 Å². The summed E-state index contributed by atoms with van der Waals surface area (Å²) in [4.78, 5) is 22.9. The standard InChI is InChI=1S/C15H9F4NO2/c16-9-3-10(17)5-11(4-9)20-6-8(7-21)13-12(20)1-2-15(18,19)14(13)22/h3-7H,1-2H2. The number of fused-ring (bicyclic) bond motifs is 1. The SMILES string of the molecule is O=Cc1cn(-c2cc(F)cc(F)c2)c2c1C(=O)C(F)(F)CC2. The van der Waals surface area contributed by atoms with Gasteiger partial charge in [0.2, 0.25) is 5.78 Å². The maximum absolute atomic E-state index is 13.5. The Hall–Kier alpha value is -2.44. The summed E-state index contributed by atoms with van der Waals surface area (Å²) in [6, 6.07) is 2.66. The molecule has 114 valence electrons. The van der Waals surface area contributed by atoms with Crippen molar-refractivity contribution in [3.63, 3.8) is 0 Å². The number of benzene rings is 1. The maximum atomic E-state index is 13.5. The van der Waals surface area contributed by atoms with Crippen LogP contribution in [0, 0.1) is 11.6 Å². The number of aromatic nitrogens is 1. The van der Waals surface area contributed by atoms with Gasteiger partial charge in [-0.05, 0) is 18.6 Å². The van der Waals surface area contributed by atoms with E-state index in [1.807, 2.05) is 0 Å². The van der Waals surface area contributed by atoms with Gasteiger partial charge in [-0.1, -0.05) is 0 Å². The number of nitrogens with zero attached hydrogens (tertiary/aromatic N) is 1. The van der Waals surface area contributed by atoms with E-state index in [9.17, 15) is 27.2 Å². The molecule has 0 fully saturated rings. The summed E-state index contributed by atoms with van der Waals surface area (Å²) in [6.45, 7) is 0. The maximum Gasteiger partial charge on any atom is 0.310 e. The number of alkyl halides is 2. The van der Waals surface area contributed by atoms with Gasteiger partial charge in [0.1, 0.15) is 11.6 Å². The summed E-state index contributed by atoms with van der Waals surface area (Å²) in [6.07, 6.45) is 0.536. The molecule has 0 spiro atoms. The summed E-state index contributed by atoms with van der Waals surface area (Å²) in [7, 11) is 0. The molecule has 1 heterocycles. The van der Waals surface area contributed by atoms with E-state index in [4.69, 9.17) is 0 Å². The van der Waals surface area contributed by atoms with Crippen molar-refractivity contribution in [3.8, 4) is 5.69 Å². The van der Waals surface area contributed by atoms with Gasteiger partial charge in [0.15, 0.2) is 6.29 Å². The highest BCUT2D eigenvalue weighted by molar-refractivity contribution is 6.08. The fraction of sp³-hybridized carbons (Fsp3) is 0.200. The van der Waals surface area contributed by atoms with E-state index < -0.39 is 29.8 Å². The molecule has 1 aromatic carbocycles. The molecular weight excluding hydrogens is 302 g/mol. The fourth-order valence-corrected chi connectivity index (χ4v) is 2.65. The molecule has 0 bridgehead atoms. The predicted octanol–water partition coefficient (Wildman–Crippen LogP) is 3.33. The molecule has 2 aromatic rings.